The number of benzene rings is 1. The molecule has 0 aliphatic rings. The van der Waals surface area contributed by atoms with Gasteiger partial charge < -0.3 is 14.6 Å². The first-order chi connectivity index (χ1) is 12.0. The molecule has 10 heteroatoms. The van der Waals surface area contributed by atoms with Gasteiger partial charge in [0.15, 0.2) is 0 Å². The predicted molar refractivity (Wildman–Crippen MR) is 89.7 cm³/mol. The van der Waals surface area contributed by atoms with Gasteiger partial charge >= 0.3 is 29.6 Å². The third-order valence-corrected chi connectivity index (χ3v) is 4.54. The zero-order valence-corrected chi connectivity index (χ0v) is 17.8. The topological polar surface area (TPSA) is 106 Å². The van der Waals surface area contributed by atoms with E-state index in [9.17, 15) is 9.90 Å². The van der Waals surface area contributed by atoms with E-state index in [1.54, 1.807) is 6.92 Å². The molecule has 0 radical (unpaired) electrons. The number of carbonyl (C=O) groups excluding carboxylic acids is 1. The van der Waals surface area contributed by atoms with Crippen LogP contribution in [0.3, 0.4) is 0 Å². The molecular formula is C16H16N5NaO3S. The molecule has 0 amide bonds. The summed E-state index contributed by atoms with van der Waals surface area (Å²) < 4.78 is 7.34. The Balaban J connectivity index is 0.00000243. The second-order valence-corrected chi connectivity index (χ2v) is 6.86. The number of tetrazole rings is 1. The van der Waals surface area contributed by atoms with Crippen LogP contribution in [-0.4, -0.2) is 37.8 Å². The SMILES string of the molecule is Cc1nc(-c2ccc(OCC(C)C)c(-n3cnnn3)c2)sc1C(=O)[O-].[Na+]. The summed E-state index contributed by atoms with van der Waals surface area (Å²) in [5, 5.41) is 22.9. The molecule has 8 nitrogen and oxygen atoms in total. The summed E-state index contributed by atoms with van der Waals surface area (Å²) in [6.07, 6.45) is 1.47. The minimum atomic E-state index is -1.22. The van der Waals surface area contributed by atoms with Crippen molar-refractivity contribution in [1.29, 1.82) is 0 Å². The monoisotopic (exact) mass is 381 g/mol. The van der Waals surface area contributed by atoms with Gasteiger partial charge in [-0.05, 0) is 41.5 Å². The molecule has 0 aliphatic heterocycles. The standard InChI is InChI=1S/C16H17N5O3S.Na/c1-9(2)7-24-13-5-4-11(6-12(13)21-8-17-19-20-21)15-18-10(3)14(25-15)16(22)23;/h4-6,8-9H,7H2,1-3H3,(H,22,23);/q;+1/p-1. The molecule has 0 fully saturated rings. The van der Waals surface area contributed by atoms with Crippen molar-refractivity contribution in [2.24, 2.45) is 5.92 Å². The second kappa shape index (κ2) is 8.72. The first-order valence-electron chi connectivity index (χ1n) is 7.65. The smallest absolute Gasteiger partial charge is 0.544 e. The molecule has 1 aromatic carbocycles. The molecule has 130 valence electrons. The first kappa shape index (κ1) is 20.5. The average molecular weight is 381 g/mol. The molecule has 0 aliphatic carbocycles. The van der Waals surface area contributed by atoms with Gasteiger partial charge in [0.1, 0.15) is 22.8 Å². The van der Waals surface area contributed by atoms with E-state index in [1.165, 1.54) is 11.0 Å². The van der Waals surface area contributed by atoms with Crippen LogP contribution in [0.2, 0.25) is 0 Å². The number of thiazole rings is 1. The van der Waals surface area contributed by atoms with Crippen LogP contribution < -0.4 is 39.4 Å². The summed E-state index contributed by atoms with van der Waals surface area (Å²) in [6.45, 7) is 6.32. The van der Waals surface area contributed by atoms with Crippen molar-refractivity contribution in [1.82, 2.24) is 25.2 Å². The molecule has 0 bridgehead atoms. The van der Waals surface area contributed by atoms with E-state index in [-0.39, 0.29) is 34.4 Å². The molecule has 3 aromatic rings. The minimum Gasteiger partial charge on any atom is -0.544 e. The van der Waals surface area contributed by atoms with Crippen molar-refractivity contribution in [2.45, 2.75) is 20.8 Å². The van der Waals surface area contributed by atoms with Gasteiger partial charge in [0.05, 0.1) is 23.1 Å². The molecular weight excluding hydrogens is 365 g/mol. The Bertz CT molecular complexity index is 895. The van der Waals surface area contributed by atoms with Gasteiger partial charge in [-0.25, -0.2) is 4.98 Å². The van der Waals surface area contributed by atoms with Crippen LogP contribution in [0.5, 0.6) is 5.75 Å². The second-order valence-electron chi connectivity index (χ2n) is 5.86. The van der Waals surface area contributed by atoms with Crippen LogP contribution in [0.4, 0.5) is 0 Å². The Morgan fingerprint density at radius 1 is 1.38 bits per heavy atom. The summed E-state index contributed by atoms with van der Waals surface area (Å²) in [6, 6.07) is 5.47. The third-order valence-electron chi connectivity index (χ3n) is 3.36. The van der Waals surface area contributed by atoms with Crippen molar-refractivity contribution >= 4 is 17.3 Å². The number of carboxylic acids is 1. The van der Waals surface area contributed by atoms with Crippen LogP contribution in [0.1, 0.15) is 29.2 Å². The van der Waals surface area contributed by atoms with Crippen molar-refractivity contribution in [3.63, 3.8) is 0 Å². The number of carbonyl (C=O) groups is 1. The molecule has 0 atom stereocenters. The van der Waals surface area contributed by atoms with Gasteiger partial charge in [-0.3, -0.25) is 0 Å². The molecule has 0 saturated heterocycles. The van der Waals surface area contributed by atoms with Crippen molar-refractivity contribution in [3.05, 3.63) is 35.1 Å². The number of rotatable bonds is 6. The van der Waals surface area contributed by atoms with Crippen molar-refractivity contribution in [2.75, 3.05) is 6.61 Å². The number of nitrogens with zero attached hydrogens (tertiary/aromatic N) is 5. The molecule has 26 heavy (non-hydrogen) atoms. The Morgan fingerprint density at radius 2 is 2.15 bits per heavy atom. The van der Waals surface area contributed by atoms with E-state index in [4.69, 9.17) is 4.74 Å². The number of hydrogen-bond acceptors (Lipinski definition) is 8. The number of aryl methyl sites for hydroxylation is 1. The number of aromatic nitrogens is 5. The van der Waals surface area contributed by atoms with E-state index >= 15 is 0 Å². The summed E-state index contributed by atoms with van der Waals surface area (Å²) in [5.41, 5.74) is 1.85. The van der Waals surface area contributed by atoms with Gasteiger partial charge in [0.25, 0.3) is 0 Å². The zero-order chi connectivity index (χ0) is 18.0. The summed E-state index contributed by atoms with van der Waals surface area (Å²) in [4.78, 5) is 15.6. The normalized spacial score (nSPS) is 10.6. The van der Waals surface area contributed by atoms with Crippen LogP contribution in [0.15, 0.2) is 24.5 Å². The molecule has 0 N–H and O–H groups in total. The van der Waals surface area contributed by atoms with Gasteiger partial charge in [-0.2, -0.15) is 4.68 Å². The van der Waals surface area contributed by atoms with Gasteiger partial charge in [-0.15, -0.1) is 16.4 Å². The number of carboxylic acid groups (broad SMARTS) is 1. The molecule has 0 unspecified atom stereocenters. The van der Waals surface area contributed by atoms with Crippen LogP contribution in [-0.2, 0) is 0 Å². The van der Waals surface area contributed by atoms with Gasteiger partial charge in [0, 0.05) is 5.56 Å². The van der Waals surface area contributed by atoms with Gasteiger partial charge in [-0.1, -0.05) is 13.8 Å². The quantitative estimate of drug-likeness (QED) is 0.478. The average Bonchev–Trinajstić information content (AvgIpc) is 3.22. The third kappa shape index (κ3) is 4.47. The van der Waals surface area contributed by atoms with Crippen molar-refractivity contribution < 1.29 is 44.2 Å². The number of aromatic carboxylic acids is 1. The molecule has 2 heterocycles. The van der Waals surface area contributed by atoms with E-state index in [0.717, 1.165) is 16.9 Å². The van der Waals surface area contributed by atoms with E-state index < -0.39 is 5.97 Å². The number of ether oxygens (including phenoxy) is 1. The van der Waals surface area contributed by atoms with Gasteiger partial charge in [0.2, 0.25) is 0 Å². The molecule has 0 spiro atoms. The maximum atomic E-state index is 11.1. The Morgan fingerprint density at radius 3 is 2.73 bits per heavy atom. The van der Waals surface area contributed by atoms with E-state index in [0.29, 0.717) is 34.7 Å². The maximum Gasteiger partial charge on any atom is 1.00 e. The maximum absolute atomic E-state index is 11.1. The largest absolute Gasteiger partial charge is 1.00 e. The molecule has 0 saturated carbocycles. The Hall–Kier alpha value is -1.81. The van der Waals surface area contributed by atoms with E-state index in [2.05, 4.69) is 34.4 Å². The fourth-order valence-electron chi connectivity index (χ4n) is 2.19. The summed E-state index contributed by atoms with van der Waals surface area (Å²) in [5.74, 6) is -0.217. The summed E-state index contributed by atoms with van der Waals surface area (Å²) >= 11 is 1.08. The fraction of sp³-hybridized carbons (Fsp3) is 0.312. The number of hydrogen-bond donors (Lipinski definition) is 0. The summed E-state index contributed by atoms with van der Waals surface area (Å²) in [7, 11) is 0. The predicted octanol–water partition coefficient (Wildman–Crippen LogP) is -1.50. The molecule has 3 rings (SSSR count). The Labute approximate surface area is 176 Å². The van der Waals surface area contributed by atoms with Crippen LogP contribution in [0.25, 0.3) is 16.3 Å². The zero-order valence-electron chi connectivity index (χ0n) is 15.0. The fourth-order valence-corrected chi connectivity index (χ4v) is 3.09. The van der Waals surface area contributed by atoms with Crippen molar-refractivity contribution in [3.8, 4) is 22.0 Å². The Kier molecular flexibility index (Phi) is 6.87. The van der Waals surface area contributed by atoms with Crippen LogP contribution >= 0.6 is 11.3 Å². The van der Waals surface area contributed by atoms with Crippen LogP contribution in [0, 0.1) is 12.8 Å². The van der Waals surface area contributed by atoms with E-state index in [1.807, 2.05) is 18.2 Å². The molecule has 2 aromatic heterocycles. The minimum absolute atomic E-state index is 0. The first-order valence-corrected chi connectivity index (χ1v) is 8.46.